The summed E-state index contributed by atoms with van der Waals surface area (Å²) in [5.74, 6) is -0.979. The van der Waals surface area contributed by atoms with Crippen molar-refractivity contribution >= 4 is 35.1 Å². The van der Waals surface area contributed by atoms with Crippen LogP contribution < -0.4 is 0 Å². The largest absolute Gasteiger partial charge is 0.481 e. The Labute approximate surface area is 127 Å². The molecule has 0 aliphatic heterocycles. The van der Waals surface area contributed by atoms with Crippen molar-refractivity contribution in [1.82, 2.24) is 4.90 Å². The number of aliphatic carboxylic acids is 1. The van der Waals surface area contributed by atoms with Gasteiger partial charge in [-0.2, -0.15) is 0 Å². The summed E-state index contributed by atoms with van der Waals surface area (Å²) < 4.78 is 0. The second-order valence-electron chi connectivity index (χ2n) is 5.00. The first-order chi connectivity index (χ1) is 9.41. The highest BCUT2D eigenvalue weighted by molar-refractivity contribution is 6.42. The Morgan fingerprint density at radius 1 is 1.40 bits per heavy atom. The van der Waals surface area contributed by atoms with Gasteiger partial charge >= 0.3 is 5.97 Å². The zero-order valence-corrected chi connectivity index (χ0v) is 12.5. The molecule has 20 heavy (non-hydrogen) atoms. The molecule has 1 fully saturated rings. The maximum Gasteiger partial charge on any atom is 0.305 e. The molecule has 1 amide bonds. The van der Waals surface area contributed by atoms with Crippen molar-refractivity contribution in [3.05, 3.63) is 33.8 Å². The predicted molar refractivity (Wildman–Crippen MR) is 77.2 cm³/mol. The number of benzene rings is 1. The molecule has 1 saturated carbocycles. The van der Waals surface area contributed by atoms with Gasteiger partial charge in [0, 0.05) is 19.5 Å². The molecule has 2 atom stereocenters. The fraction of sp³-hybridized carbons (Fsp3) is 0.429. The Morgan fingerprint density at radius 2 is 2.10 bits per heavy atom. The number of nitrogens with zero attached hydrogens (tertiary/aromatic N) is 1. The molecule has 2 rings (SSSR count). The standard InChI is InChI=1S/C14H15Cl2NO3/c1-17(6-5-12(18)19)14(20)10-7-9(10)8-3-2-4-11(15)13(8)16/h2-4,9-10H,5-7H2,1H3,(H,18,19)/t9-,10-/m1/s1. The minimum absolute atomic E-state index is 0.0349. The predicted octanol–water partition coefficient (Wildman–Crippen LogP) is 3.03. The summed E-state index contributed by atoms with van der Waals surface area (Å²) in [5, 5.41) is 9.62. The van der Waals surface area contributed by atoms with E-state index in [1.807, 2.05) is 12.1 Å². The molecule has 0 spiro atoms. The molecule has 0 heterocycles. The van der Waals surface area contributed by atoms with Gasteiger partial charge in [0.1, 0.15) is 0 Å². The van der Waals surface area contributed by atoms with Crippen LogP contribution >= 0.6 is 23.2 Å². The third-order valence-corrected chi connectivity index (χ3v) is 4.36. The lowest BCUT2D eigenvalue weighted by Crippen LogP contribution is -2.30. The zero-order chi connectivity index (χ0) is 14.9. The van der Waals surface area contributed by atoms with E-state index in [-0.39, 0.29) is 30.7 Å². The molecule has 1 aliphatic carbocycles. The Balaban J connectivity index is 1.99. The maximum atomic E-state index is 12.2. The quantitative estimate of drug-likeness (QED) is 0.908. The molecule has 6 heteroatoms. The van der Waals surface area contributed by atoms with E-state index >= 15 is 0 Å². The van der Waals surface area contributed by atoms with E-state index in [0.717, 1.165) is 12.0 Å². The number of hydrogen-bond acceptors (Lipinski definition) is 2. The van der Waals surface area contributed by atoms with Gasteiger partial charge in [-0.1, -0.05) is 35.3 Å². The van der Waals surface area contributed by atoms with E-state index in [1.54, 1.807) is 13.1 Å². The van der Waals surface area contributed by atoms with Crippen LogP contribution in [0.4, 0.5) is 0 Å². The van der Waals surface area contributed by atoms with Crippen LogP contribution in [0.5, 0.6) is 0 Å². The molecule has 1 aromatic rings. The van der Waals surface area contributed by atoms with Crippen LogP contribution in [0.15, 0.2) is 18.2 Å². The lowest BCUT2D eigenvalue weighted by molar-refractivity contribution is -0.138. The minimum atomic E-state index is -0.908. The van der Waals surface area contributed by atoms with Crippen molar-refractivity contribution in [1.29, 1.82) is 0 Å². The fourth-order valence-electron chi connectivity index (χ4n) is 2.28. The van der Waals surface area contributed by atoms with Crippen molar-refractivity contribution in [2.75, 3.05) is 13.6 Å². The average Bonchev–Trinajstić information content (AvgIpc) is 3.18. The van der Waals surface area contributed by atoms with Gasteiger partial charge < -0.3 is 10.0 Å². The normalized spacial score (nSPS) is 20.6. The number of carbonyl (C=O) groups is 2. The molecule has 0 aromatic heterocycles. The third-order valence-electron chi connectivity index (χ3n) is 3.53. The van der Waals surface area contributed by atoms with Gasteiger partial charge in [-0.25, -0.2) is 0 Å². The summed E-state index contributed by atoms with van der Waals surface area (Å²) >= 11 is 12.1. The van der Waals surface area contributed by atoms with Crippen LogP contribution in [0.1, 0.15) is 24.3 Å². The van der Waals surface area contributed by atoms with Crippen LogP contribution in [-0.4, -0.2) is 35.5 Å². The Morgan fingerprint density at radius 3 is 2.75 bits per heavy atom. The topological polar surface area (TPSA) is 57.6 Å². The van der Waals surface area contributed by atoms with E-state index in [9.17, 15) is 9.59 Å². The minimum Gasteiger partial charge on any atom is -0.481 e. The first-order valence-corrected chi connectivity index (χ1v) is 7.08. The molecular weight excluding hydrogens is 301 g/mol. The van der Waals surface area contributed by atoms with Crippen molar-refractivity contribution in [2.45, 2.75) is 18.8 Å². The molecule has 1 aromatic carbocycles. The number of carbonyl (C=O) groups excluding carboxylic acids is 1. The number of carboxylic acid groups (broad SMARTS) is 1. The molecule has 1 N–H and O–H groups in total. The first kappa shape index (κ1) is 15.1. The zero-order valence-electron chi connectivity index (χ0n) is 11.0. The molecule has 0 saturated heterocycles. The van der Waals surface area contributed by atoms with E-state index in [1.165, 1.54) is 4.90 Å². The van der Waals surface area contributed by atoms with Gasteiger partial charge in [-0.05, 0) is 24.0 Å². The molecule has 0 radical (unpaired) electrons. The number of rotatable bonds is 5. The Hall–Kier alpha value is -1.26. The van der Waals surface area contributed by atoms with Gasteiger partial charge in [0.25, 0.3) is 0 Å². The highest BCUT2D eigenvalue weighted by Gasteiger charge is 2.46. The van der Waals surface area contributed by atoms with Gasteiger partial charge in [-0.3, -0.25) is 9.59 Å². The summed E-state index contributed by atoms with van der Waals surface area (Å²) in [7, 11) is 1.63. The van der Waals surface area contributed by atoms with Crippen LogP contribution in [0.2, 0.25) is 10.0 Å². The maximum absolute atomic E-state index is 12.2. The van der Waals surface area contributed by atoms with E-state index < -0.39 is 5.97 Å². The summed E-state index contributed by atoms with van der Waals surface area (Å²) in [5.41, 5.74) is 0.893. The second kappa shape index (κ2) is 6.02. The smallest absolute Gasteiger partial charge is 0.305 e. The summed E-state index contributed by atoms with van der Waals surface area (Å²) in [6, 6.07) is 5.41. The van der Waals surface area contributed by atoms with Crippen molar-refractivity contribution < 1.29 is 14.7 Å². The number of amides is 1. The molecule has 1 aliphatic rings. The highest BCUT2D eigenvalue weighted by Crippen LogP contribution is 2.51. The van der Waals surface area contributed by atoms with Crippen LogP contribution in [0.25, 0.3) is 0 Å². The van der Waals surface area contributed by atoms with Crippen LogP contribution in [0, 0.1) is 5.92 Å². The summed E-state index contributed by atoms with van der Waals surface area (Å²) in [6.07, 6.45) is 0.688. The summed E-state index contributed by atoms with van der Waals surface area (Å²) in [4.78, 5) is 24.1. The second-order valence-corrected chi connectivity index (χ2v) is 5.78. The van der Waals surface area contributed by atoms with Gasteiger partial charge in [0.2, 0.25) is 5.91 Å². The van der Waals surface area contributed by atoms with Gasteiger partial charge in [0.05, 0.1) is 16.5 Å². The first-order valence-electron chi connectivity index (χ1n) is 6.32. The van der Waals surface area contributed by atoms with Crippen LogP contribution in [0.3, 0.4) is 0 Å². The highest BCUT2D eigenvalue weighted by atomic mass is 35.5. The number of halogens is 2. The summed E-state index contributed by atoms with van der Waals surface area (Å²) in [6.45, 7) is 0.223. The van der Waals surface area contributed by atoms with Crippen molar-refractivity contribution in [3.8, 4) is 0 Å². The molecular formula is C14H15Cl2NO3. The molecule has 108 valence electrons. The fourth-order valence-corrected chi connectivity index (χ4v) is 2.72. The SMILES string of the molecule is CN(CCC(=O)O)C(=O)[C@@H]1C[C@@H]1c1cccc(Cl)c1Cl. The average molecular weight is 316 g/mol. The molecule has 0 bridgehead atoms. The van der Waals surface area contributed by atoms with Crippen molar-refractivity contribution in [3.63, 3.8) is 0 Å². The lowest BCUT2D eigenvalue weighted by Gasteiger charge is -2.16. The van der Waals surface area contributed by atoms with E-state index in [2.05, 4.69) is 0 Å². The third kappa shape index (κ3) is 3.25. The van der Waals surface area contributed by atoms with Crippen molar-refractivity contribution in [2.24, 2.45) is 5.92 Å². The lowest BCUT2D eigenvalue weighted by atomic mass is 10.1. The number of hydrogen-bond donors (Lipinski definition) is 1. The van der Waals surface area contributed by atoms with Crippen LogP contribution in [-0.2, 0) is 9.59 Å². The van der Waals surface area contributed by atoms with E-state index in [4.69, 9.17) is 28.3 Å². The molecule has 0 unspecified atom stereocenters. The van der Waals surface area contributed by atoms with E-state index in [0.29, 0.717) is 10.0 Å². The molecule has 4 nitrogen and oxygen atoms in total. The number of carboxylic acids is 1. The van der Waals surface area contributed by atoms with Gasteiger partial charge in [-0.15, -0.1) is 0 Å². The Kier molecular flexibility index (Phi) is 4.55. The Bertz CT molecular complexity index is 547. The van der Waals surface area contributed by atoms with Gasteiger partial charge in [0.15, 0.2) is 0 Å². The monoisotopic (exact) mass is 315 g/mol.